The Kier molecular flexibility index (Phi) is 1.80. The number of rotatable bonds is 0. The largest absolute Gasteiger partial charge is 0.250 e. The zero-order chi connectivity index (χ0) is 9.26. The summed E-state index contributed by atoms with van der Waals surface area (Å²) in [5.74, 6) is 0. The summed E-state index contributed by atoms with van der Waals surface area (Å²) in [5.41, 5.74) is 1.26. The minimum Gasteiger partial charge on any atom is -0.250 e. The maximum atomic E-state index is 8.55. The minimum atomic E-state index is 0.238. The molecule has 0 fully saturated rings. The number of halogens is 1. The van der Waals surface area contributed by atoms with E-state index in [9.17, 15) is 0 Å². The van der Waals surface area contributed by atoms with Crippen molar-refractivity contribution in [3.8, 4) is 6.07 Å². The average Bonchev–Trinajstić information content (AvgIpc) is 2.16. The second-order valence-corrected chi connectivity index (χ2v) is 2.73. The molecule has 62 valence electrons. The van der Waals surface area contributed by atoms with Gasteiger partial charge in [0.2, 0.25) is 0 Å². The lowest BCUT2D eigenvalue weighted by molar-refractivity contribution is 1.19. The molecule has 4 nitrogen and oxygen atoms in total. The Morgan fingerprint density at radius 2 is 2.15 bits per heavy atom. The van der Waals surface area contributed by atoms with Gasteiger partial charge in [-0.25, -0.2) is 15.0 Å². The summed E-state index contributed by atoms with van der Waals surface area (Å²) in [6.07, 6.45) is 1.40. The first-order chi connectivity index (χ1) is 6.29. The molecule has 2 rings (SSSR count). The van der Waals surface area contributed by atoms with Crippen LogP contribution in [0.25, 0.3) is 11.2 Å². The van der Waals surface area contributed by atoms with E-state index in [2.05, 4.69) is 15.0 Å². The number of aromatic nitrogens is 3. The van der Waals surface area contributed by atoms with Crippen LogP contribution in [0.5, 0.6) is 0 Å². The minimum absolute atomic E-state index is 0.238. The molecule has 13 heavy (non-hydrogen) atoms. The first-order valence-electron chi connectivity index (χ1n) is 3.49. The molecule has 0 saturated carbocycles. The Labute approximate surface area is 78.8 Å². The van der Waals surface area contributed by atoms with Crippen LogP contribution in [0.1, 0.15) is 5.69 Å². The molecule has 2 aromatic rings. The Bertz CT molecular complexity index is 503. The van der Waals surface area contributed by atoms with E-state index in [1.807, 2.05) is 6.07 Å². The van der Waals surface area contributed by atoms with E-state index in [0.29, 0.717) is 16.3 Å². The summed E-state index contributed by atoms with van der Waals surface area (Å²) < 4.78 is 0. The van der Waals surface area contributed by atoms with Crippen LogP contribution in [0.15, 0.2) is 18.3 Å². The summed E-state index contributed by atoms with van der Waals surface area (Å²) in [7, 11) is 0. The normalized spacial score (nSPS) is 9.85. The van der Waals surface area contributed by atoms with Gasteiger partial charge in [0.15, 0.2) is 11.3 Å². The average molecular weight is 191 g/mol. The molecule has 0 radical (unpaired) electrons. The molecule has 0 aliphatic rings. The molecule has 0 N–H and O–H groups in total. The summed E-state index contributed by atoms with van der Waals surface area (Å²) >= 11 is 5.65. The van der Waals surface area contributed by atoms with Gasteiger partial charge in [0.05, 0.1) is 6.20 Å². The van der Waals surface area contributed by atoms with Crippen LogP contribution in [0.4, 0.5) is 0 Å². The van der Waals surface area contributed by atoms with Crippen molar-refractivity contribution in [3.63, 3.8) is 0 Å². The first kappa shape index (κ1) is 7.90. The van der Waals surface area contributed by atoms with Gasteiger partial charge in [0, 0.05) is 0 Å². The van der Waals surface area contributed by atoms with Gasteiger partial charge in [-0.1, -0.05) is 11.6 Å². The smallest absolute Gasteiger partial charge is 0.180 e. The molecule has 2 heterocycles. The fourth-order valence-electron chi connectivity index (χ4n) is 0.929. The van der Waals surface area contributed by atoms with Gasteiger partial charge in [-0.05, 0) is 12.1 Å². The van der Waals surface area contributed by atoms with Crippen molar-refractivity contribution in [2.24, 2.45) is 0 Å². The topological polar surface area (TPSA) is 62.5 Å². The standard InChI is InChI=1S/C8H3ClN4/c9-7-2-1-6-8(13-7)12-5(3-10)4-11-6/h1-2,4H. The second-order valence-electron chi connectivity index (χ2n) is 2.34. The molecular formula is C8H3ClN4. The van der Waals surface area contributed by atoms with Crippen LogP contribution in [-0.4, -0.2) is 15.0 Å². The lowest BCUT2D eigenvalue weighted by Crippen LogP contribution is -1.90. The predicted octanol–water partition coefficient (Wildman–Crippen LogP) is 1.55. The van der Waals surface area contributed by atoms with Crippen molar-refractivity contribution >= 4 is 22.8 Å². The van der Waals surface area contributed by atoms with Gasteiger partial charge in [-0.3, -0.25) is 0 Å². The van der Waals surface area contributed by atoms with Gasteiger partial charge in [-0.15, -0.1) is 0 Å². The number of hydrogen-bond donors (Lipinski definition) is 0. The number of nitrogens with zero attached hydrogens (tertiary/aromatic N) is 4. The fourth-order valence-corrected chi connectivity index (χ4v) is 1.07. The maximum Gasteiger partial charge on any atom is 0.180 e. The first-order valence-corrected chi connectivity index (χ1v) is 3.87. The molecule has 0 atom stereocenters. The number of nitriles is 1. The highest BCUT2D eigenvalue weighted by molar-refractivity contribution is 6.29. The van der Waals surface area contributed by atoms with Crippen LogP contribution in [0.2, 0.25) is 5.15 Å². The Morgan fingerprint density at radius 3 is 2.92 bits per heavy atom. The Morgan fingerprint density at radius 1 is 1.31 bits per heavy atom. The molecule has 0 spiro atoms. The van der Waals surface area contributed by atoms with E-state index in [0.717, 1.165) is 0 Å². The van der Waals surface area contributed by atoms with E-state index in [-0.39, 0.29) is 5.69 Å². The Hall–Kier alpha value is -1.73. The van der Waals surface area contributed by atoms with Gasteiger partial charge in [0.1, 0.15) is 16.7 Å². The summed E-state index contributed by atoms with van der Waals surface area (Å²) in [4.78, 5) is 11.8. The van der Waals surface area contributed by atoms with E-state index in [1.54, 1.807) is 12.1 Å². The summed E-state index contributed by atoms with van der Waals surface area (Å²) in [5, 5.41) is 8.90. The molecular weight excluding hydrogens is 188 g/mol. The van der Waals surface area contributed by atoms with E-state index in [1.165, 1.54) is 6.20 Å². The zero-order valence-corrected chi connectivity index (χ0v) is 7.15. The molecule has 0 bridgehead atoms. The molecule has 0 aliphatic heterocycles. The zero-order valence-electron chi connectivity index (χ0n) is 6.40. The van der Waals surface area contributed by atoms with Crippen LogP contribution >= 0.6 is 11.6 Å². The third-order valence-corrected chi connectivity index (χ3v) is 1.70. The quantitative estimate of drug-likeness (QED) is 0.592. The lowest BCUT2D eigenvalue weighted by Gasteiger charge is -1.95. The molecule has 2 aromatic heterocycles. The molecule has 0 aliphatic carbocycles. The molecule has 5 heteroatoms. The fraction of sp³-hybridized carbons (Fsp3) is 0. The number of pyridine rings is 1. The predicted molar refractivity (Wildman–Crippen MR) is 47.1 cm³/mol. The summed E-state index contributed by atoms with van der Waals surface area (Å²) in [6, 6.07) is 5.22. The van der Waals surface area contributed by atoms with E-state index in [4.69, 9.17) is 16.9 Å². The number of hydrogen-bond acceptors (Lipinski definition) is 4. The molecule has 0 aromatic carbocycles. The Balaban J connectivity index is 2.77. The van der Waals surface area contributed by atoms with E-state index < -0.39 is 0 Å². The van der Waals surface area contributed by atoms with Crippen molar-refractivity contribution in [2.45, 2.75) is 0 Å². The van der Waals surface area contributed by atoms with Gasteiger partial charge < -0.3 is 0 Å². The SMILES string of the molecule is N#Cc1cnc2ccc(Cl)nc2n1. The maximum absolute atomic E-state index is 8.55. The highest BCUT2D eigenvalue weighted by Crippen LogP contribution is 2.10. The second kappa shape index (κ2) is 2.96. The van der Waals surface area contributed by atoms with Crippen molar-refractivity contribution in [1.82, 2.24) is 15.0 Å². The van der Waals surface area contributed by atoms with Gasteiger partial charge >= 0.3 is 0 Å². The third kappa shape index (κ3) is 1.42. The van der Waals surface area contributed by atoms with E-state index >= 15 is 0 Å². The van der Waals surface area contributed by atoms with Crippen molar-refractivity contribution in [1.29, 1.82) is 5.26 Å². The molecule has 0 unspecified atom stereocenters. The molecule has 0 saturated heterocycles. The van der Waals surface area contributed by atoms with Gasteiger partial charge in [-0.2, -0.15) is 5.26 Å². The highest BCUT2D eigenvalue weighted by atomic mass is 35.5. The van der Waals surface area contributed by atoms with Crippen LogP contribution in [0.3, 0.4) is 0 Å². The lowest BCUT2D eigenvalue weighted by atomic mass is 10.4. The van der Waals surface area contributed by atoms with Crippen LogP contribution in [0, 0.1) is 11.3 Å². The van der Waals surface area contributed by atoms with Crippen molar-refractivity contribution < 1.29 is 0 Å². The number of fused-ring (bicyclic) bond motifs is 1. The summed E-state index contributed by atoms with van der Waals surface area (Å²) in [6.45, 7) is 0. The monoisotopic (exact) mass is 190 g/mol. The van der Waals surface area contributed by atoms with Gasteiger partial charge in [0.25, 0.3) is 0 Å². The molecule has 0 amide bonds. The van der Waals surface area contributed by atoms with Crippen molar-refractivity contribution in [2.75, 3.05) is 0 Å². The highest BCUT2D eigenvalue weighted by Gasteiger charge is 2.00. The van der Waals surface area contributed by atoms with Crippen LogP contribution in [-0.2, 0) is 0 Å². The third-order valence-electron chi connectivity index (χ3n) is 1.49. The van der Waals surface area contributed by atoms with Crippen molar-refractivity contribution in [3.05, 3.63) is 29.2 Å². The van der Waals surface area contributed by atoms with Crippen LogP contribution < -0.4 is 0 Å².